The zero-order chi connectivity index (χ0) is 24.9. The SMILES string of the molecule is COC(=O)c1cc(C(C#Cc2cc(Br)c(Cl)cc2NC(=O)C(F)(F)F)OC(C)=O)ccc1C. The number of benzene rings is 2. The average Bonchev–Trinajstić information content (AvgIpc) is 2.73. The van der Waals surface area contributed by atoms with Crippen molar-refractivity contribution in [2.45, 2.75) is 26.1 Å². The number of esters is 2. The maximum Gasteiger partial charge on any atom is 0.471 e. The Morgan fingerprint density at radius 1 is 1.18 bits per heavy atom. The average molecular weight is 547 g/mol. The zero-order valence-electron chi connectivity index (χ0n) is 17.4. The minimum absolute atomic E-state index is 0.0265. The molecule has 0 heterocycles. The van der Waals surface area contributed by atoms with Crippen LogP contribution < -0.4 is 5.32 Å². The Morgan fingerprint density at radius 2 is 1.85 bits per heavy atom. The van der Waals surface area contributed by atoms with E-state index in [1.54, 1.807) is 24.4 Å². The lowest BCUT2D eigenvalue weighted by Gasteiger charge is -2.14. The van der Waals surface area contributed by atoms with Gasteiger partial charge in [0.2, 0.25) is 0 Å². The van der Waals surface area contributed by atoms with Crippen LogP contribution in [-0.4, -0.2) is 31.1 Å². The molecule has 0 radical (unpaired) electrons. The number of methoxy groups -OCH3 is 1. The van der Waals surface area contributed by atoms with E-state index in [-0.39, 0.29) is 21.8 Å². The lowest BCUT2D eigenvalue weighted by atomic mass is 10.0. The van der Waals surface area contributed by atoms with E-state index in [4.69, 9.17) is 21.1 Å². The van der Waals surface area contributed by atoms with Gasteiger partial charge < -0.3 is 14.8 Å². The first-order valence-corrected chi connectivity index (χ1v) is 10.3. The number of hydrogen-bond donors (Lipinski definition) is 1. The smallest absolute Gasteiger partial charge is 0.465 e. The fraction of sp³-hybridized carbons (Fsp3) is 0.227. The Balaban J connectivity index is 2.55. The number of aryl methyl sites for hydroxylation is 1. The second-order valence-electron chi connectivity index (χ2n) is 6.59. The summed E-state index contributed by atoms with van der Waals surface area (Å²) in [6.07, 6.45) is -6.30. The van der Waals surface area contributed by atoms with Crippen molar-refractivity contribution < 1.29 is 37.0 Å². The first-order valence-electron chi connectivity index (χ1n) is 9.08. The molecule has 0 aliphatic heterocycles. The van der Waals surface area contributed by atoms with Gasteiger partial charge in [0.05, 0.1) is 23.4 Å². The van der Waals surface area contributed by atoms with Crippen molar-refractivity contribution in [1.82, 2.24) is 0 Å². The Morgan fingerprint density at radius 3 is 2.42 bits per heavy atom. The highest BCUT2D eigenvalue weighted by atomic mass is 79.9. The van der Waals surface area contributed by atoms with E-state index in [1.807, 2.05) is 0 Å². The zero-order valence-corrected chi connectivity index (χ0v) is 19.7. The van der Waals surface area contributed by atoms with Crippen molar-refractivity contribution in [3.63, 3.8) is 0 Å². The van der Waals surface area contributed by atoms with Gasteiger partial charge in [-0.1, -0.05) is 29.7 Å². The number of amides is 1. The maximum atomic E-state index is 12.7. The highest BCUT2D eigenvalue weighted by Crippen LogP contribution is 2.31. The van der Waals surface area contributed by atoms with Crippen molar-refractivity contribution in [3.05, 3.63) is 62.1 Å². The van der Waals surface area contributed by atoms with Crippen LogP contribution in [0.15, 0.2) is 34.8 Å². The summed E-state index contributed by atoms with van der Waals surface area (Å²) in [4.78, 5) is 35.0. The maximum absolute atomic E-state index is 12.7. The molecule has 2 aromatic rings. The molecule has 2 rings (SSSR count). The molecule has 1 unspecified atom stereocenters. The van der Waals surface area contributed by atoms with Gasteiger partial charge >= 0.3 is 24.0 Å². The predicted octanol–water partition coefficient (Wildman–Crippen LogP) is 5.35. The summed E-state index contributed by atoms with van der Waals surface area (Å²) < 4.78 is 48.4. The van der Waals surface area contributed by atoms with Gasteiger partial charge in [-0.15, -0.1) is 0 Å². The van der Waals surface area contributed by atoms with Crippen LogP contribution in [0.25, 0.3) is 0 Å². The minimum atomic E-state index is -5.13. The van der Waals surface area contributed by atoms with E-state index < -0.39 is 30.1 Å². The van der Waals surface area contributed by atoms with Gasteiger partial charge in [0.1, 0.15) is 0 Å². The summed E-state index contributed by atoms with van der Waals surface area (Å²) >= 11 is 9.09. The highest BCUT2D eigenvalue weighted by Gasteiger charge is 2.39. The van der Waals surface area contributed by atoms with E-state index in [0.717, 1.165) is 13.0 Å². The molecule has 1 atom stereocenters. The number of anilines is 1. The summed E-state index contributed by atoms with van der Waals surface area (Å²) in [5.41, 5.74) is 0.845. The van der Waals surface area contributed by atoms with Crippen LogP contribution in [-0.2, 0) is 19.1 Å². The van der Waals surface area contributed by atoms with Gasteiger partial charge in [0.25, 0.3) is 0 Å². The molecule has 6 nitrogen and oxygen atoms in total. The normalized spacial score (nSPS) is 11.6. The minimum Gasteiger partial charge on any atom is -0.465 e. The van der Waals surface area contributed by atoms with Gasteiger partial charge in [0.15, 0.2) is 6.10 Å². The number of nitrogens with one attached hydrogen (secondary N) is 1. The van der Waals surface area contributed by atoms with Crippen molar-refractivity contribution in [1.29, 1.82) is 0 Å². The predicted molar refractivity (Wildman–Crippen MR) is 118 cm³/mol. The number of ether oxygens (including phenoxy) is 2. The first-order chi connectivity index (χ1) is 15.3. The summed E-state index contributed by atoms with van der Waals surface area (Å²) in [5.74, 6) is 1.75. The van der Waals surface area contributed by atoms with Gasteiger partial charge in [-0.3, -0.25) is 9.59 Å². The molecule has 0 aliphatic rings. The summed E-state index contributed by atoms with van der Waals surface area (Å²) in [6.45, 7) is 2.83. The monoisotopic (exact) mass is 545 g/mol. The number of carbonyl (C=O) groups is 3. The van der Waals surface area contributed by atoms with Crippen LogP contribution in [0, 0.1) is 18.8 Å². The quantitative estimate of drug-likeness (QED) is 0.413. The number of hydrogen-bond acceptors (Lipinski definition) is 5. The third-order valence-electron chi connectivity index (χ3n) is 4.16. The van der Waals surface area contributed by atoms with Crippen LogP contribution in [0.2, 0.25) is 5.02 Å². The molecule has 1 N–H and O–H groups in total. The van der Waals surface area contributed by atoms with Gasteiger partial charge in [-0.25, -0.2) is 4.79 Å². The molecule has 0 aliphatic carbocycles. The fourth-order valence-electron chi connectivity index (χ4n) is 2.57. The first kappa shape index (κ1) is 26.2. The Hall–Kier alpha value is -3.03. The van der Waals surface area contributed by atoms with E-state index in [0.29, 0.717) is 15.6 Å². The third kappa shape index (κ3) is 6.97. The summed E-state index contributed by atoms with van der Waals surface area (Å²) in [5, 5.41) is 1.76. The molecule has 0 fully saturated rings. The van der Waals surface area contributed by atoms with Gasteiger partial charge in [-0.05, 0) is 52.5 Å². The van der Waals surface area contributed by atoms with Crippen LogP contribution in [0.4, 0.5) is 18.9 Å². The van der Waals surface area contributed by atoms with E-state index >= 15 is 0 Å². The van der Waals surface area contributed by atoms with Crippen molar-refractivity contribution in [2.75, 3.05) is 12.4 Å². The van der Waals surface area contributed by atoms with Crippen molar-refractivity contribution >= 4 is 51.1 Å². The van der Waals surface area contributed by atoms with Gasteiger partial charge in [0, 0.05) is 22.5 Å². The largest absolute Gasteiger partial charge is 0.471 e. The van der Waals surface area contributed by atoms with Crippen molar-refractivity contribution in [2.24, 2.45) is 0 Å². The molecule has 0 aromatic heterocycles. The number of halogens is 5. The van der Waals surface area contributed by atoms with E-state index in [1.165, 1.54) is 19.2 Å². The Labute approximate surface area is 200 Å². The van der Waals surface area contributed by atoms with Crippen LogP contribution in [0.1, 0.15) is 40.1 Å². The van der Waals surface area contributed by atoms with Crippen molar-refractivity contribution in [3.8, 4) is 11.8 Å². The standard InChI is InChI=1S/C22H16BrClF3NO5/c1-11-4-5-14(8-15(11)20(30)32-3)19(33-12(2)29)7-6-13-9-16(23)17(24)10-18(13)28-21(31)22(25,26)27/h4-5,8-10,19H,1-3H3,(H,28,31). The lowest BCUT2D eigenvalue weighted by molar-refractivity contribution is -0.167. The van der Waals surface area contributed by atoms with Crippen LogP contribution in [0.5, 0.6) is 0 Å². The molecule has 0 bridgehead atoms. The molecule has 0 saturated heterocycles. The topological polar surface area (TPSA) is 81.7 Å². The molecule has 2 aromatic carbocycles. The van der Waals surface area contributed by atoms with Crippen LogP contribution in [0.3, 0.4) is 0 Å². The van der Waals surface area contributed by atoms with Gasteiger partial charge in [-0.2, -0.15) is 13.2 Å². The second kappa shape index (κ2) is 10.7. The number of alkyl halides is 3. The third-order valence-corrected chi connectivity index (χ3v) is 5.35. The molecule has 174 valence electrons. The number of rotatable bonds is 4. The Kier molecular flexibility index (Phi) is 8.52. The summed E-state index contributed by atoms with van der Waals surface area (Å²) in [6, 6.07) is 7.03. The molecule has 0 spiro atoms. The fourth-order valence-corrected chi connectivity index (χ4v) is 3.08. The number of carbonyl (C=O) groups excluding carboxylic acids is 3. The molecule has 0 saturated carbocycles. The molecule has 1 amide bonds. The van der Waals surface area contributed by atoms with E-state index in [9.17, 15) is 27.6 Å². The van der Waals surface area contributed by atoms with Crippen LogP contribution >= 0.6 is 27.5 Å². The Bertz CT molecular complexity index is 1170. The highest BCUT2D eigenvalue weighted by molar-refractivity contribution is 9.10. The lowest BCUT2D eigenvalue weighted by Crippen LogP contribution is -2.30. The summed E-state index contributed by atoms with van der Waals surface area (Å²) in [7, 11) is 1.22. The second-order valence-corrected chi connectivity index (χ2v) is 7.85. The molecule has 11 heteroatoms. The molecule has 33 heavy (non-hydrogen) atoms. The van der Waals surface area contributed by atoms with E-state index in [2.05, 4.69) is 27.8 Å². The molecular weight excluding hydrogens is 531 g/mol. The molecular formula is C22H16BrClF3NO5.